The molecule has 8 heteroatoms. The predicted octanol–water partition coefficient (Wildman–Crippen LogP) is 6.34. The number of esters is 1. The van der Waals surface area contributed by atoms with Crippen molar-refractivity contribution in [2.75, 3.05) is 17.7 Å². The quantitative estimate of drug-likeness (QED) is 0.335. The summed E-state index contributed by atoms with van der Waals surface area (Å²) in [6.07, 6.45) is 7.20. The Hall–Kier alpha value is -2.37. The van der Waals surface area contributed by atoms with Crippen molar-refractivity contribution in [3.8, 4) is 6.07 Å². The van der Waals surface area contributed by atoms with E-state index in [9.17, 15) is 14.9 Å². The zero-order valence-corrected chi connectivity index (χ0v) is 23.3. The highest BCUT2D eigenvalue weighted by molar-refractivity contribution is 7.99. The van der Waals surface area contributed by atoms with Gasteiger partial charge in [0.15, 0.2) is 0 Å². The molecule has 192 valence electrons. The maximum absolute atomic E-state index is 12.8. The lowest BCUT2D eigenvalue weighted by Gasteiger charge is -2.34. The number of nitriles is 1. The third kappa shape index (κ3) is 5.95. The van der Waals surface area contributed by atoms with Crippen LogP contribution in [0.3, 0.4) is 0 Å². The van der Waals surface area contributed by atoms with E-state index in [0.29, 0.717) is 39.4 Å². The molecule has 0 fully saturated rings. The summed E-state index contributed by atoms with van der Waals surface area (Å²) in [6.45, 7) is 8.92. The van der Waals surface area contributed by atoms with Gasteiger partial charge in [-0.25, -0.2) is 9.78 Å². The van der Waals surface area contributed by atoms with Crippen molar-refractivity contribution in [3.05, 3.63) is 38.9 Å². The lowest BCUT2D eigenvalue weighted by atomic mass is 9.71. The summed E-state index contributed by atoms with van der Waals surface area (Å²) in [5, 5.41) is 14.0. The molecule has 2 aliphatic carbocycles. The summed E-state index contributed by atoms with van der Waals surface area (Å²) >= 11 is 2.96. The van der Waals surface area contributed by atoms with Crippen molar-refractivity contribution in [2.24, 2.45) is 11.3 Å². The van der Waals surface area contributed by atoms with Crippen LogP contribution in [0.1, 0.15) is 91.0 Å². The molecule has 0 saturated carbocycles. The van der Waals surface area contributed by atoms with Gasteiger partial charge in [0, 0.05) is 22.7 Å². The fourth-order valence-electron chi connectivity index (χ4n) is 5.08. The third-order valence-corrected chi connectivity index (χ3v) is 9.37. The number of nitrogens with zero attached hydrogens (tertiary/aromatic N) is 2. The minimum absolute atomic E-state index is 0.142. The van der Waals surface area contributed by atoms with Crippen LogP contribution < -0.4 is 5.32 Å². The van der Waals surface area contributed by atoms with E-state index in [2.05, 4.69) is 32.2 Å². The Bertz CT molecular complexity index is 1190. The highest BCUT2D eigenvalue weighted by Gasteiger charge is 2.30. The number of ether oxygens (including phenoxy) is 1. The van der Waals surface area contributed by atoms with Crippen LogP contribution in [-0.4, -0.2) is 29.2 Å². The molecule has 0 saturated heterocycles. The number of thioether (sulfide) groups is 1. The summed E-state index contributed by atoms with van der Waals surface area (Å²) in [5.74, 6) is 0.600. The second-order valence-corrected chi connectivity index (χ2v) is 12.8. The number of hydrogen-bond acceptors (Lipinski definition) is 7. The van der Waals surface area contributed by atoms with Crippen molar-refractivity contribution in [1.82, 2.24) is 4.98 Å². The number of fused-ring (bicyclic) bond motifs is 2. The van der Waals surface area contributed by atoms with Gasteiger partial charge < -0.3 is 10.1 Å². The SMILES string of the molecule is CCOC(=O)c1c(NC(=O)CCSc2nc3c(cc2C#N)CC(C(C)(C)C)CC3)sc2c1CCCC2. The molecule has 6 nitrogen and oxygen atoms in total. The summed E-state index contributed by atoms with van der Waals surface area (Å²) in [5.41, 5.74) is 4.68. The number of hydrogen-bond donors (Lipinski definition) is 1. The molecule has 1 atom stereocenters. The van der Waals surface area contributed by atoms with E-state index in [1.165, 1.54) is 33.5 Å². The smallest absolute Gasteiger partial charge is 0.341 e. The van der Waals surface area contributed by atoms with Gasteiger partial charge in [-0.05, 0) is 80.4 Å². The van der Waals surface area contributed by atoms with E-state index in [-0.39, 0.29) is 23.7 Å². The van der Waals surface area contributed by atoms with E-state index in [1.807, 2.05) is 6.07 Å². The lowest BCUT2D eigenvalue weighted by Crippen LogP contribution is -2.27. The standard InChI is InChI=1S/C28H35N3O3S2/c1-5-34-27(33)24-20-8-6-7-9-22(20)36-26(24)31-23(32)12-13-35-25-18(16-29)14-17-15-19(28(2,3)4)10-11-21(17)30-25/h14,19H,5-13,15H2,1-4H3,(H,31,32). The van der Waals surface area contributed by atoms with Gasteiger partial charge >= 0.3 is 5.97 Å². The summed E-state index contributed by atoms with van der Waals surface area (Å²) in [7, 11) is 0. The molecule has 36 heavy (non-hydrogen) atoms. The molecule has 1 unspecified atom stereocenters. The molecule has 0 aliphatic heterocycles. The van der Waals surface area contributed by atoms with Crippen LogP contribution in [0.15, 0.2) is 11.1 Å². The monoisotopic (exact) mass is 525 g/mol. The van der Waals surface area contributed by atoms with Crippen LogP contribution in [0.5, 0.6) is 0 Å². The highest BCUT2D eigenvalue weighted by Crippen LogP contribution is 2.40. The van der Waals surface area contributed by atoms with Gasteiger partial charge in [0.05, 0.1) is 17.7 Å². The molecule has 2 aromatic rings. The molecular formula is C28H35N3O3S2. The minimum Gasteiger partial charge on any atom is -0.462 e. The molecule has 2 aliphatic rings. The van der Waals surface area contributed by atoms with Crippen molar-refractivity contribution in [2.45, 2.75) is 84.1 Å². The van der Waals surface area contributed by atoms with E-state index in [0.717, 1.165) is 56.2 Å². The van der Waals surface area contributed by atoms with Crippen LogP contribution in [0.4, 0.5) is 5.00 Å². The van der Waals surface area contributed by atoms with Crippen LogP contribution in [0, 0.1) is 22.7 Å². The number of aryl methyl sites for hydroxylation is 2. The van der Waals surface area contributed by atoms with Gasteiger partial charge in [-0.3, -0.25) is 4.79 Å². The molecule has 1 amide bonds. The maximum atomic E-state index is 12.8. The first-order valence-corrected chi connectivity index (χ1v) is 14.7. The summed E-state index contributed by atoms with van der Waals surface area (Å²) < 4.78 is 5.28. The number of pyridine rings is 1. The van der Waals surface area contributed by atoms with Gasteiger partial charge in [-0.1, -0.05) is 20.8 Å². The number of amides is 1. The minimum atomic E-state index is -0.354. The van der Waals surface area contributed by atoms with E-state index in [4.69, 9.17) is 9.72 Å². The van der Waals surface area contributed by atoms with Crippen molar-refractivity contribution in [3.63, 3.8) is 0 Å². The fourth-order valence-corrected chi connectivity index (χ4v) is 7.29. The molecule has 2 heterocycles. The Balaban J connectivity index is 1.41. The molecule has 0 radical (unpaired) electrons. The number of carbonyl (C=O) groups is 2. The van der Waals surface area contributed by atoms with E-state index < -0.39 is 0 Å². The zero-order valence-electron chi connectivity index (χ0n) is 21.7. The normalized spacial score (nSPS) is 17.0. The van der Waals surface area contributed by atoms with E-state index >= 15 is 0 Å². The number of aromatic nitrogens is 1. The second-order valence-electron chi connectivity index (χ2n) is 10.6. The van der Waals surface area contributed by atoms with E-state index in [1.54, 1.807) is 6.92 Å². The average molecular weight is 526 g/mol. The van der Waals surface area contributed by atoms with Crippen molar-refractivity contribution < 1.29 is 14.3 Å². The van der Waals surface area contributed by atoms with Gasteiger partial charge in [0.1, 0.15) is 16.1 Å². The zero-order chi connectivity index (χ0) is 25.9. The Morgan fingerprint density at radius 1 is 1.28 bits per heavy atom. The Morgan fingerprint density at radius 3 is 2.78 bits per heavy atom. The highest BCUT2D eigenvalue weighted by atomic mass is 32.2. The Morgan fingerprint density at radius 2 is 2.06 bits per heavy atom. The molecule has 0 spiro atoms. The largest absolute Gasteiger partial charge is 0.462 e. The lowest BCUT2D eigenvalue weighted by molar-refractivity contribution is -0.115. The Labute approximate surface area is 222 Å². The molecule has 1 N–H and O–H groups in total. The molecular weight excluding hydrogens is 490 g/mol. The first kappa shape index (κ1) is 26.7. The number of carbonyl (C=O) groups excluding carboxylic acids is 2. The second kappa shape index (κ2) is 11.4. The average Bonchev–Trinajstić information content (AvgIpc) is 3.20. The molecule has 4 rings (SSSR count). The fraction of sp³-hybridized carbons (Fsp3) is 0.571. The van der Waals surface area contributed by atoms with Crippen molar-refractivity contribution in [1.29, 1.82) is 5.26 Å². The van der Waals surface area contributed by atoms with Gasteiger partial charge in [0.2, 0.25) is 5.91 Å². The first-order valence-electron chi connectivity index (χ1n) is 12.9. The van der Waals surface area contributed by atoms with Gasteiger partial charge in [-0.2, -0.15) is 5.26 Å². The van der Waals surface area contributed by atoms with Crippen LogP contribution >= 0.6 is 23.1 Å². The van der Waals surface area contributed by atoms with Gasteiger partial charge in [0.25, 0.3) is 0 Å². The molecule has 0 bridgehead atoms. The van der Waals surface area contributed by atoms with Crippen molar-refractivity contribution >= 4 is 40.0 Å². The van der Waals surface area contributed by atoms with Gasteiger partial charge in [-0.15, -0.1) is 23.1 Å². The Kier molecular flexibility index (Phi) is 8.41. The van der Waals surface area contributed by atoms with Crippen LogP contribution in [-0.2, 0) is 35.2 Å². The number of anilines is 1. The predicted molar refractivity (Wildman–Crippen MR) is 145 cm³/mol. The first-order chi connectivity index (χ1) is 17.2. The molecule has 0 aromatic carbocycles. The van der Waals surface area contributed by atoms with Crippen LogP contribution in [0.25, 0.3) is 0 Å². The van der Waals surface area contributed by atoms with Crippen LogP contribution in [0.2, 0.25) is 0 Å². The number of nitrogens with one attached hydrogen (secondary N) is 1. The summed E-state index contributed by atoms with van der Waals surface area (Å²) in [6, 6.07) is 4.31. The molecule has 2 aromatic heterocycles. The number of rotatable bonds is 7. The third-order valence-electron chi connectivity index (χ3n) is 7.17. The topological polar surface area (TPSA) is 92.1 Å². The number of thiophene rings is 1. The summed E-state index contributed by atoms with van der Waals surface area (Å²) in [4.78, 5) is 31.5. The maximum Gasteiger partial charge on any atom is 0.341 e.